The molecule has 0 heterocycles. The Labute approximate surface area is 89.4 Å². The third-order valence-corrected chi connectivity index (χ3v) is 1.95. The van der Waals surface area contributed by atoms with Gasteiger partial charge < -0.3 is 19.3 Å². The highest BCUT2D eigenvalue weighted by Gasteiger charge is 2.06. The fourth-order valence-corrected chi connectivity index (χ4v) is 1.21. The summed E-state index contributed by atoms with van der Waals surface area (Å²) in [4.78, 5) is 0. The van der Waals surface area contributed by atoms with E-state index < -0.39 is 6.29 Å². The van der Waals surface area contributed by atoms with Crippen molar-refractivity contribution in [2.75, 3.05) is 20.8 Å². The second-order valence-electron chi connectivity index (χ2n) is 3.22. The van der Waals surface area contributed by atoms with Crippen molar-refractivity contribution in [3.05, 3.63) is 23.8 Å². The van der Waals surface area contributed by atoms with Crippen LogP contribution in [0.25, 0.3) is 0 Å². The van der Waals surface area contributed by atoms with Crippen LogP contribution in [0.3, 0.4) is 0 Å². The zero-order chi connectivity index (χ0) is 11.3. The summed E-state index contributed by atoms with van der Waals surface area (Å²) in [5.41, 5.74) is 0.941. The minimum Gasteiger partial charge on any atom is -0.508 e. The summed E-state index contributed by atoms with van der Waals surface area (Å²) in [6, 6.07) is 5.05. The maximum absolute atomic E-state index is 9.33. The van der Waals surface area contributed by atoms with E-state index in [9.17, 15) is 5.11 Å². The molecule has 0 saturated heterocycles. The second-order valence-corrected chi connectivity index (χ2v) is 3.22. The van der Waals surface area contributed by atoms with E-state index in [0.29, 0.717) is 5.75 Å². The van der Waals surface area contributed by atoms with E-state index in [1.807, 2.05) is 13.0 Å². The Balaban J connectivity index is 2.57. The van der Waals surface area contributed by atoms with Gasteiger partial charge in [-0.1, -0.05) is 0 Å². The van der Waals surface area contributed by atoms with E-state index in [1.54, 1.807) is 26.4 Å². The van der Waals surface area contributed by atoms with Gasteiger partial charge in [-0.15, -0.1) is 0 Å². The first-order valence-corrected chi connectivity index (χ1v) is 4.64. The minimum atomic E-state index is -0.396. The molecule has 0 unspecified atom stereocenters. The van der Waals surface area contributed by atoms with Crippen LogP contribution >= 0.6 is 0 Å². The summed E-state index contributed by atoms with van der Waals surface area (Å²) in [5.74, 6) is 0.794. The van der Waals surface area contributed by atoms with E-state index in [2.05, 4.69) is 0 Å². The van der Waals surface area contributed by atoms with E-state index in [4.69, 9.17) is 14.2 Å². The van der Waals surface area contributed by atoms with E-state index in [1.165, 1.54) is 0 Å². The lowest BCUT2D eigenvalue weighted by Gasteiger charge is -2.14. The van der Waals surface area contributed by atoms with Gasteiger partial charge in [-0.25, -0.2) is 0 Å². The van der Waals surface area contributed by atoms with Gasteiger partial charge in [-0.3, -0.25) is 0 Å². The molecule has 0 spiro atoms. The molecule has 1 N–H and O–H groups in total. The Morgan fingerprint density at radius 2 is 1.87 bits per heavy atom. The monoisotopic (exact) mass is 212 g/mol. The number of ether oxygens (including phenoxy) is 3. The van der Waals surface area contributed by atoms with Crippen LogP contribution in [0.2, 0.25) is 0 Å². The maximum atomic E-state index is 9.33. The molecule has 0 fully saturated rings. The predicted molar refractivity (Wildman–Crippen MR) is 56.1 cm³/mol. The van der Waals surface area contributed by atoms with Crippen molar-refractivity contribution in [2.24, 2.45) is 0 Å². The third kappa shape index (κ3) is 3.77. The number of hydrogen-bond donors (Lipinski definition) is 1. The number of phenols is 1. The lowest BCUT2D eigenvalue weighted by atomic mass is 10.2. The first-order valence-electron chi connectivity index (χ1n) is 4.64. The van der Waals surface area contributed by atoms with Crippen LogP contribution < -0.4 is 4.74 Å². The maximum Gasteiger partial charge on any atom is 0.191 e. The molecular formula is C11H16O4. The first-order chi connectivity index (χ1) is 7.15. The van der Waals surface area contributed by atoms with Gasteiger partial charge in [0.25, 0.3) is 0 Å². The summed E-state index contributed by atoms with van der Waals surface area (Å²) in [5, 5.41) is 9.33. The lowest BCUT2D eigenvalue weighted by Crippen LogP contribution is -2.21. The predicted octanol–water partition coefficient (Wildman–Crippen LogP) is 1.70. The average molecular weight is 212 g/mol. The highest BCUT2D eigenvalue weighted by molar-refractivity contribution is 5.36. The van der Waals surface area contributed by atoms with E-state index in [0.717, 1.165) is 5.56 Å². The van der Waals surface area contributed by atoms with Crippen LogP contribution in [0.15, 0.2) is 18.2 Å². The van der Waals surface area contributed by atoms with Crippen LogP contribution in [0, 0.1) is 6.92 Å². The van der Waals surface area contributed by atoms with Crippen LogP contribution in [0.5, 0.6) is 11.5 Å². The third-order valence-electron chi connectivity index (χ3n) is 1.95. The highest BCUT2D eigenvalue weighted by Crippen LogP contribution is 2.21. The number of rotatable bonds is 5. The molecule has 0 bridgehead atoms. The van der Waals surface area contributed by atoms with Gasteiger partial charge in [0.05, 0.1) is 0 Å². The Kier molecular flexibility index (Phi) is 4.39. The van der Waals surface area contributed by atoms with E-state index in [-0.39, 0.29) is 12.4 Å². The zero-order valence-electron chi connectivity index (χ0n) is 9.19. The largest absolute Gasteiger partial charge is 0.508 e. The van der Waals surface area contributed by atoms with Crippen molar-refractivity contribution < 1.29 is 19.3 Å². The SMILES string of the molecule is COC(COc1cc(C)cc(O)c1)OC. The number of phenolic OH excluding ortho intramolecular Hbond substituents is 1. The Bertz CT molecular complexity index is 287. The van der Waals surface area contributed by atoms with Crippen molar-refractivity contribution in [1.29, 1.82) is 0 Å². The lowest BCUT2D eigenvalue weighted by molar-refractivity contribution is -0.122. The molecule has 0 saturated carbocycles. The average Bonchev–Trinajstić information content (AvgIpc) is 2.18. The van der Waals surface area contributed by atoms with Crippen molar-refractivity contribution in [3.63, 3.8) is 0 Å². The van der Waals surface area contributed by atoms with Crippen molar-refractivity contribution in [3.8, 4) is 11.5 Å². The number of hydrogen-bond acceptors (Lipinski definition) is 4. The van der Waals surface area contributed by atoms with Crippen LogP contribution in [-0.4, -0.2) is 32.2 Å². The van der Waals surface area contributed by atoms with Crippen LogP contribution in [-0.2, 0) is 9.47 Å². The van der Waals surface area contributed by atoms with Crippen molar-refractivity contribution in [1.82, 2.24) is 0 Å². The standard InChI is InChI=1S/C11H16O4/c1-8-4-9(12)6-10(5-8)15-7-11(13-2)14-3/h4-6,11-12H,7H2,1-3H3. The quantitative estimate of drug-likeness (QED) is 0.755. The molecule has 0 aliphatic carbocycles. The molecular weight excluding hydrogens is 196 g/mol. The number of benzene rings is 1. The van der Waals surface area contributed by atoms with Crippen LogP contribution in [0.4, 0.5) is 0 Å². The molecule has 0 radical (unpaired) electrons. The minimum absolute atomic E-state index is 0.191. The zero-order valence-corrected chi connectivity index (χ0v) is 9.19. The molecule has 4 heteroatoms. The molecule has 0 atom stereocenters. The molecule has 0 aliphatic heterocycles. The summed E-state index contributed by atoms with van der Waals surface area (Å²) in [6.45, 7) is 2.17. The topological polar surface area (TPSA) is 47.9 Å². The van der Waals surface area contributed by atoms with Crippen molar-refractivity contribution in [2.45, 2.75) is 13.2 Å². The number of aromatic hydroxyl groups is 1. The van der Waals surface area contributed by atoms with Gasteiger partial charge in [-0.2, -0.15) is 0 Å². The van der Waals surface area contributed by atoms with Gasteiger partial charge in [0, 0.05) is 20.3 Å². The summed E-state index contributed by atoms with van der Waals surface area (Å²) in [6.07, 6.45) is -0.396. The Morgan fingerprint density at radius 3 is 2.40 bits per heavy atom. The molecule has 1 rings (SSSR count). The normalized spacial score (nSPS) is 10.7. The molecule has 84 valence electrons. The number of methoxy groups -OCH3 is 2. The van der Waals surface area contributed by atoms with Gasteiger partial charge in [0.2, 0.25) is 0 Å². The molecule has 0 amide bonds. The number of aryl methyl sites for hydroxylation is 1. The molecule has 4 nitrogen and oxygen atoms in total. The fraction of sp³-hybridized carbons (Fsp3) is 0.455. The first kappa shape index (κ1) is 11.8. The summed E-state index contributed by atoms with van der Waals surface area (Å²) in [7, 11) is 3.09. The van der Waals surface area contributed by atoms with Gasteiger partial charge in [-0.05, 0) is 24.6 Å². The molecule has 1 aromatic carbocycles. The van der Waals surface area contributed by atoms with Gasteiger partial charge in [0.1, 0.15) is 18.1 Å². The molecule has 0 aromatic heterocycles. The van der Waals surface area contributed by atoms with E-state index >= 15 is 0 Å². The Morgan fingerprint density at radius 1 is 1.20 bits per heavy atom. The second kappa shape index (κ2) is 5.58. The van der Waals surface area contributed by atoms with Crippen molar-refractivity contribution >= 4 is 0 Å². The summed E-state index contributed by atoms with van der Waals surface area (Å²) < 4.78 is 15.3. The summed E-state index contributed by atoms with van der Waals surface area (Å²) >= 11 is 0. The Hall–Kier alpha value is -1.26. The fourth-order valence-electron chi connectivity index (χ4n) is 1.21. The molecule has 0 aliphatic rings. The van der Waals surface area contributed by atoms with Gasteiger partial charge >= 0.3 is 0 Å². The van der Waals surface area contributed by atoms with Crippen LogP contribution in [0.1, 0.15) is 5.56 Å². The molecule has 15 heavy (non-hydrogen) atoms. The smallest absolute Gasteiger partial charge is 0.191 e. The molecule has 1 aromatic rings. The van der Waals surface area contributed by atoms with Gasteiger partial charge in [0.15, 0.2) is 6.29 Å². The highest BCUT2D eigenvalue weighted by atomic mass is 16.7.